The number of pyridine rings is 1. The summed E-state index contributed by atoms with van der Waals surface area (Å²) in [5.74, 6) is -2.43. The van der Waals surface area contributed by atoms with Crippen molar-refractivity contribution < 1.29 is 27.5 Å². The van der Waals surface area contributed by atoms with Gasteiger partial charge in [-0.15, -0.1) is 0 Å². The Morgan fingerprint density at radius 1 is 1.08 bits per heavy atom. The van der Waals surface area contributed by atoms with Crippen LogP contribution < -0.4 is 15.0 Å². The molecule has 5 aromatic rings. The summed E-state index contributed by atoms with van der Waals surface area (Å²) in [5, 5.41) is 18.7. The predicted octanol–water partition coefficient (Wildman–Crippen LogP) is 5.22. The molecule has 7 heterocycles. The molecule has 13 heteroatoms. The van der Waals surface area contributed by atoms with Gasteiger partial charge >= 0.3 is 6.01 Å². The van der Waals surface area contributed by atoms with Crippen molar-refractivity contribution in [3.63, 3.8) is 0 Å². The lowest BCUT2D eigenvalue weighted by Gasteiger charge is -2.35. The molecule has 48 heavy (non-hydrogen) atoms. The Labute approximate surface area is 272 Å². The van der Waals surface area contributed by atoms with Crippen LogP contribution in [0, 0.1) is 17.5 Å². The standard InChI is InChI=1S/C35H32F3N7O3/c36-25-5-2-17-8-20(46)9-21(28(17)29(25)37)31-30(38)32-23(12-39-31)33(44-13-18-3-4-19(14-44)40-18)42-34(41-32)47-16-35-6-1-7-45(35)27-10-26-24(15-48-43-26)22(27)11-35/h2,5,8-9,12,15,18-19,22,27,40,46H,1,3-4,6-7,10-11,13-14,16H2. The Bertz CT molecular complexity index is 2130. The zero-order valence-electron chi connectivity index (χ0n) is 25.9. The Morgan fingerprint density at radius 3 is 2.79 bits per heavy atom. The molecule has 0 radical (unpaired) electrons. The number of aromatic hydroxyl groups is 1. The molecule has 4 aliphatic heterocycles. The Morgan fingerprint density at radius 2 is 1.94 bits per heavy atom. The summed E-state index contributed by atoms with van der Waals surface area (Å²) in [4.78, 5) is 18.6. The summed E-state index contributed by atoms with van der Waals surface area (Å²) in [6.45, 7) is 2.70. The third kappa shape index (κ3) is 4.12. The first-order valence-corrected chi connectivity index (χ1v) is 16.7. The Hall–Kier alpha value is -4.49. The first-order chi connectivity index (χ1) is 23.3. The van der Waals surface area contributed by atoms with Gasteiger partial charge in [0, 0.05) is 66.3 Å². The number of anilines is 1. The number of hydrogen-bond acceptors (Lipinski definition) is 10. The molecule has 0 amide bonds. The Kier molecular flexibility index (Phi) is 6.09. The molecule has 5 atom stereocenters. The van der Waals surface area contributed by atoms with Crippen LogP contribution >= 0.6 is 0 Å². The zero-order chi connectivity index (χ0) is 32.3. The fourth-order valence-corrected chi connectivity index (χ4v) is 9.42. The summed E-state index contributed by atoms with van der Waals surface area (Å²) in [6.07, 6.45) is 9.14. The number of nitrogens with zero attached hydrogens (tertiary/aromatic N) is 6. The SMILES string of the molecule is Oc1cc(-c2ncc3c(N4CC5CCC(C4)N5)nc(OCC45CCCN4C4Cc6nocc6C4C5)nc3c2F)c2c(F)c(F)ccc2c1. The summed E-state index contributed by atoms with van der Waals surface area (Å²) in [7, 11) is 0. The first-order valence-electron chi connectivity index (χ1n) is 16.7. The van der Waals surface area contributed by atoms with Gasteiger partial charge in [0.05, 0.1) is 16.6 Å². The van der Waals surface area contributed by atoms with Gasteiger partial charge in [0.15, 0.2) is 17.5 Å². The van der Waals surface area contributed by atoms with E-state index in [1.165, 1.54) is 30.0 Å². The number of ether oxygens (including phenoxy) is 1. The van der Waals surface area contributed by atoms with E-state index in [0.29, 0.717) is 42.9 Å². The predicted molar refractivity (Wildman–Crippen MR) is 169 cm³/mol. The van der Waals surface area contributed by atoms with Crippen LogP contribution in [0.1, 0.15) is 49.3 Å². The molecule has 4 saturated heterocycles. The second kappa shape index (κ2) is 10.3. The molecule has 0 saturated carbocycles. The number of phenolic OH excluding ortho intramolecular Hbond substituents is 1. The molecule has 5 unspecified atom stereocenters. The molecule has 10 rings (SSSR count). The molecule has 246 valence electrons. The average molecular weight is 656 g/mol. The van der Waals surface area contributed by atoms with Gasteiger partial charge in [-0.05, 0) is 62.2 Å². The van der Waals surface area contributed by atoms with Crippen molar-refractivity contribution in [1.29, 1.82) is 0 Å². The second-order valence-corrected chi connectivity index (χ2v) is 14.1. The normalized spacial score (nSPS) is 27.6. The third-order valence-electron chi connectivity index (χ3n) is 11.5. The number of fused-ring (bicyclic) bond motifs is 9. The van der Waals surface area contributed by atoms with Crippen molar-refractivity contribution in [2.45, 2.75) is 68.1 Å². The number of rotatable bonds is 5. The van der Waals surface area contributed by atoms with Gasteiger partial charge in [-0.3, -0.25) is 9.88 Å². The van der Waals surface area contributed by atoms with E-state index >= 15 is 8.78 Å². The highest BCUT2D eigenvalue weighted by Gasteiger charge is 2.58. The minimum Gasteiger partial charge on any atom is -0.508 e. The van der Waals surface area contributed by atoms with Crippen LogP contribution in [-0.2, 0) is 6.42 Å². The van der Waals surface area contributed by atoms with E-state index in [1.807, 2.05) is 0 Å². The maximum Gasteiger partial charge on any atom is 0.319 e. The smallest absolute Gasteiger partial charge is 0.319 e. The first kappa shape index (κ1) is 28.5. The molecule has 5 aliphatic rings. The van der Waals surface area contributed by atoms with E-state index in [2.05, 4.69) is 30.2 Å². The number of halogens is 3. The fourth-order valence-electron chi connectivity index (χ4n) is 9.42. The monoisotopic (exact) mass is 655 g/mol. The average Bonchev–Trinajstić information content (AvgIpc) is 3.89. The van der Waals surface area contributed by atoms with E-state index in [1.54, 1.807) is 6.26 Å². The molecule has 1 aliphatic carbocycles. The largest absolute Gasteiger partial charge is 0.508 e. The van der Waals surface area contributed by atoms with Gasteiger partial charge in [0.2, 0.25) is 0 Å². The van der Waals surface area contributed by atoms with Crippen LogP contribution in [0.5, 0.6) is 11.8 Å². The summed E-state index contributed by atoms with van der Waals surface area (Å²) < 4.78 is 58.2. The molecule has 2 aromatic carbocycles. The van der Waals surface area contributed by atoms with Crippen molar-refractivity contribution in [2.24, 2.45) is 0 Å². The van der Waals surface area contributed by atoms with Crippen LogP contribution in [0.25, 0.3) is 32.9 Å². The lowest BCUT2D eigenvalue weighted by molar-refractivity contribution is 0.0845. The number of piperazine rings is 1. The Balaban J connectivity index is 1.08. The number of benzene rings is 2. The highest BCUT2D eigenvalue weighted by atomic mass is 19.2. The zero-order valence-corrected chi connectivity index (χ0v) is 25.9. The highest BCUT2D eigenvalue weighted by molar-refractivity contribution is 6.00. The van der Waals surface area contributed by atoms with E-state index in [9.17, 15) is 9.50 Å². The van der Waals surface area contributed by atoms with Gasteiger partial charge in [-0.2, -0.15) is 9.97 Å². The number of aromatic nitrogens is 4. The molecule has 3 aromatic heterocycles. The lowest BCUT2D eigenvalue weighted by Crippen LogP contribution is -2.51. The molecule has 0 spiro atoms. The molecule has 2 N–H and O–H groups in total. The van der Waals surface area contributed by atoms with Crippen molar-refractivity contribution in [3.8, 4) is 23.0 Å². The van der Waals surface area contributed by atoms with Crippen molar-refractivity contribution >= 4 is 27.5 Å². The van der Waals surface area contributed by atoms with Crippen molar-refractivity contribution in [3.05, 3.63) is 65.4 Å². The summed E-state index contributed by atoms with van der Waals surface area (Å²) in [6, 6.07) is 5.80. The van der Waals surface area contributed by atoms with Crippen LogP contribution in [0.3, 0.4) is 0 Å². The van der Waals surface area contributed by atoms with Crippen LogP contribution in [-0.4, -0.2) is 80.0 Å². The highest BCUT2D eigenvalue weighted by Crippen LogP contribution is 2.54. The minimum atomic E-state index is -1.15. The summed E-state index contributed by atoms with van der Waals surface area (Å²) in [5.41, 5.74) is 1.66. The van der Waals surface area contributed by atoms with Crippen LogP contribution in [0.2, 0.25) is 0 Å². The number of phenols is 1. The third-order valence-corrected chi connectivity index (χ3v) is 11.5. The van der Waals surface area contributed by atoms with Crippen LogP contribution in [0.15, 0.2) is 41.2 Å². The van der Waals surface area contributed by atoms with Crippen LogP contribution in [0.4, 0.5) is 19.0 Å². The quantitative estimate of drug-likeness (QED) is 0.261. The van der Waals surface area contributed by atoms with Gasteiger partial charge in [0.1, 0.15) is 35.6 Å². The molecular formula is C35H32F3N7O3. The van der Waals surface area contributed by atoms with Gasteiger partial charge in [0.25, 0.3) is 0 Å². The van der Waals surface area contributed by atoms with E-state index in [0.717, 1.165) is 56.8 Å². The summed E-state index contributed by atoms with van der Waals surface area (Å²) >= 11 is 0. The molecule has 4 fully saturated rings. The number of nitrogens with one attached hydrogen (secondary N) is 1. The second-order valence-electron chi connectivity index (χ2n) is 14.1. The van der Waals surface area contributed by atoms with Gasteiger partial charge < -0.3 is 24.6 Å². The minimum absolute atomic E-state index is 0.0302. The van der Waals surface area contributed by atoms with E-state index in [-0.39, 0.29) is 56.9 Å². The topological polar surface area (TPSA) is 113 Å². The molecule has 2 bridgehead atoms. The number of hydrogen-bond donors (Lipinski definition) is 2. The lowest BCUT2D eigenvalue weighted by atomic mass is 9.88. The maximum atomic E-state index is 16.8. The van der Waals surface area contributed by atoms with Crippen molar-refractivity contribution in [2.75, 3.05) is 31.1 Å². The van der Waals surface area contributed by atoms with E-state index < -0.39 is 17.5 Å². The molecular weight excluding hydrogens is 623 g/mol. The van der Waals surface area contributed by atoms with Crippen molar-refractivity contribution in [1.82, 2.24) is 30.3 Å². The fraction of sp³-hybridized carbons (Fsp3) is 0.429. The maximum absolute atomic E-state index is 16.8. The van der Waals surface area contributed by atoms with Gasteiger partial charge in [-0.25, -0.2) is 13.2 Å². The van der Waals surface area contributed by atoms with E-state index in [4.69, 9.17) is 14.2 Å². The molecule has 10 nitrogen and oxygen atoms in total. The van der Waals surface area contributed by atoms with Gasteiger partial charge in [-0.1, -0.05) is 11.2 Å².